The third-order valence-electron chi connectivity index (χ3n) is 3.51. The van der Waals surface area contributed by atoms with Crippen LogP contribution >= 0.6 is 11.6 Å². The smallest absolute Gasteiger partial charge is 0.246 e. The Morgan fingerprint density at radius 3 is 3.27 bits per heavy atom. The number of nitrogens with zero attached hydrogens (tertiary/aromatic N) is 1. The number of nitrogens with one attached hydrogen (secondary N) is 2. The Balaban J connectivity index is 1.43. The van der Waals surface area contributed by atoms with Crippen molar-refractivity contribution in [2.75, 3.05) is 19.8 Å². The van der Waals surface area contributed by atoms with Gasteiger partial charge in [0.05, 0.1) is 30.3 Å². The van der Waals surface area contributed by atoms with E-state index in [9.17, 15) is 4.79 Å². The van der Waals surface area contributed by atoms with Gasteiger partial charge in [-0.15, -0.1) is 0 Å². The maximum Gasteiger partial charge on any atom is 0.246 e. The molecule has 1 aromatic heterocycles. The molecule has 1 aliphatic heterocycles. The molecule has 22 heavy (non-hydrogen) atoms. The molecule has 1 fully saturated rings. The summed E-state index contributed by atoms with van der Waals surface area (Å²) in [6.07, 6.45) is 2.20. The number of rotatable bonds is 6. The number of benzene rings is 1. The molecule has 2 heterocycles. The number of hydrogen-bond acceptors (Lipinski definition) is 4. The third kappa shape index (κ3) is 3.97. The van der Waals surface area contributed by atoms with Crippen LogP contribution in [0.4, 0.5) is 0 Å². The molecule has 1 atom stereocenters. The summed E-state index contributed by atoms with van der Waals surface area (Å²) in [5, 5.41) is 3.42. The second kappa shape index (κ2) is 7.09. The summed E-state index contributed by atoms with van der Waals surface area (Å²) in [5.41, 5.74) is 1.68. The van der Waals surface area contributed by atoms with Gasteiger partial charge in [-0.25, -0.2) is 4.98 Å². The van der Waals surface area contributed by atoms with Crippen molar-refractivity contribution >= 4 is 28.5 Å². The van der Waals surface area contributed by atoms with Crippen molar-refractivity contribution in [1.29, 1.82) is 0 Å². The number of carbonyl (C=O) groups is 1. The van der Waals surface area contributed by atoms with Gasteiger partial charge in [-0.3, -0.25) is 4.79 Å². The lowest BCUT2D eigenvalue weighted by molar-refractivity contribution is -0.127. The summed E-state index contributed by atoms with van der Waals surface area (Å²) in [5.74, 6) is 0.515. The number of amides is 1. The van der Waals surface area contributed by atoms with E-state index in [0.717, 1.165) is 30.5 Å². The van der Waals surface area contributed by atoms with E-state index in [0.29, 0.717) is 24.0 Å². The van der Waals surface area contributed by atoms with Crippen molar-refractivity contribution in [2.24, 2.45) is 0 Å². The molecule has 0 aliphatic carbocycles. The first-order valence-electron chi connectivity index (χ1n) is 7.31. The molecular formula is C15H18ClN3O3. The summed E-state index contributed by atoms with van der Waals surface area (Å²) in [6.45, 7) is 1.62. The molecule has 3 rings (SSSR count). The average molecular weight is 324 g/mol. The zero-order valence-corrected chi connectivity index (χ0v) is 12.9. The van der Waals surface area contributed by atoms with Gasteiger partial charge in [-0.1, -0.05) is 11.6 Å². The summed E-state index contributed by atoms with van der Waals surface area (Å²) >= 11 is 5.92. The molecule has 0 spiro atoms. The molecule has 1 unspecified atom stereocenters. The van der Waals surface area contributed by atoms with Crippen molar-refractivity contribution in [3.63, 3.8) is 0 Å². The molecule has 2 N–H and O–H groups in total. The van der Waals surface area contributed by atoms with Gasteiger partial charge in [0.2, 0.25) is 5.91 Å². The molecule has 0 saturated carbocycles. The molecule has 2 aromatic rings. The second-order valence-corrected chi connectivity index (χ2v) is 5.71. The van der Waals surface area contributed by atoms with Crippen LogP contribution in [0.2, 0.25) is 5.02 Å². The van der Waals surface area contributed by atoms with Crippen LogP contribution in [-0.2, 0) is 20.8 Å². The topological polar surface area (TPSA) is 76.2 Å². The summed E-state index contributed by atoms with van der Waals surface area (Å²) in [7, 11) is 0. The van der Waals surface area contributed by atoms with E-state index in [-0.39, 0.29) is 18.6 Å². The SMILES string of the molecule is O=C(COCC1CCCO1)NCc1nc2ccc(Cl)cc2[nH]1. The first kappa shape index (κ1) is 15.3. The highest BCUT2D eigenvalue weighted by atomic mass is 35.5. The molecule has 118 valence electrons. The number of hydrogen-bond donors (Lipinski definition) is 2. The molecule has 1 aromatic carbocycles. The van der Waals surface area contributed by atoms with Gasteiger partial charge in [0.1, 0.15) is 12.4 Å². The number of aromatic amines is 1. The van der Waals surface area contributed by atoms with E-state index in [2.05, 4.69) is 15.3 Å². The maximum atomic E-state index is 11.7. The van der Waals surface area contributed by atoms with Crippen LogP contribution in [0.15, 0.2) is 18.2 Å². The van der Waals surface area contributed by atoms with Crippen molar-refractivity contribution in [3.05, 3.63) is 29.0 Å². The first-order chi connectivity index (χ1) is 10.7. The van der Waals surface area contributed by atoms with E-state index in [1.807, 2.05) is 6.07 Å². The molecule has 6 nitrogen and oxygen atoms in total. The number of carbonyl (C=O) groups excluding carboxylic acids is 1. The van der Waals surface area contributed by atoms with Crippen LogP contribution in [0.25, 0.3) is 11.0 Å². The maximum absolute atomic E-state index is 11.7. The van der Waals surface area contributed by atoms with Crippen molar-refractivity contribution in [2.45, 2.75) is 25.5 Å². The Morgan fingerprint density at radius 2 is 2.45 bits per heavy atom. The Labute approximate surface area is 133 Å². The molecular weight excluding hydrogens is 306 g/mol. The van der Waals surface area contributed by atoms with Gasteiger partial charge >= 0.3 is 0 Å². The minimum Gasteiger partial charge on any atom is -0.376 e. The molecule has 0 radical (unpaired) electrons. The van der Waals surface area contributed by atoms with Crippen LogP contribution in [0, 0.1) is 0 Å². The Kier molecular flexibility index (Phi) is 4.92. The van der Waals surface area contributed by atoms with Crippen LogP contribution < -0.4 is 5.32 Å². The monoisotopic (exact) mass is 323 g/mol. The van der Waals surface area contributed by atoms with Crippen molar-refractivity contribution in [1.82, 2.24) is 15.3 Å². The lowest BCUT2D eigenvalue weighted by Gasteiger charge is -2.09. The Hall–Kier alpha value is -1.63. The highest BCUT2D eigenvalue weighted by Crippen LogP contribution is 2.17. The highest BCUT2D eigenvalue weighted by molar-refractivity contribution is 6.31. The van der Waals surface area contributed by atoms with Crippen LogP contribution in [0.3, 0.4) is 0 Å². The van der Waals surface area contributed by atoms with Gasteiger partial charge in [-0.2, -0.15) is 0 Å². The minimum atomic E-state index is -0.170. The first-order valence-corrected chi connectivity index (χ1v) is 7.69. The van der Waals surface area contributed by atoms with Crippen LogP contribution in [0.5, 0.6) is 0 Å². The average Bonchev–Trinajstić information content (AvgIpc) is 3.13. The van der Waals surface area contributed by atoms with Crippen LogP contribution in [-0.4, -0.2) is 41.8 Å². The Morgan fingerprint density at radius 1 is 1.55 bits per heavy atom. The second-order valence-electron chi connectivity index (χ2n) is 5.27. The minimum absolute atomic E-state index is 0.0336. The number of ether oxygens (including phenoxy) is 2. The lowest BCUT2D eigenvalue weighted by Crippen LogP contribution is -2.29. The molecule has 1 saturated heterocycles. The zero-order chi connectivity index (χ0) is 15.4. The molecule has 1 amide bonds. The lowest BCUT2D eigenvalue weighted by atomic mass is 10.2. The molecule has 1 aliphatic rings. The number of imidazole rings is 1. The summed E-state index contributed by atoms with van der Waals surface area (Å²) in [6, 6.07) is 5.43. The predicted molar refractivity (Wildman–Crippen MR) is 82.7 cm³/mol. The van der Waals surface area contributed by atoms with Gasteiger partial charge in [0, 0.05) is 11.6 Å². The van der Waals surface area contributed by atoms with Gasteiger partial charge < -0.3 is 19.8 Å². The van der Waals surface area contributed by atoms with Gasteiger partial charge in [0.15, 0.2) is 0 Å². The normalized spacial score (nSPS) is 18.0. The summed E-state index contributed by atoms with van der Waals surface area (Å²) < 4.78 is 10.8. The Bertz CT molecular complexity index is 653. The highest BCUT2D eigenvalue weighted by Gasteiger charge is 2.16. The number of H-pyrrole nitrogens is 1. The third-order valence-corrected chi connectivity index (χ3v) is 3.74. The van der Waals surface area contributed by atoms with E-state index in [1.54, 1.807) is 12.1 Å². The quantitative estimate of drug-likeness (QED) is 0.853. The number of fused-ring (bicyclic) bond motifs is 1. The van der Waals surface area contributed by atoms with E-state index in [4.69, 9.17) is 21.1 Å². The van der Waals surface area contributed by atoms with Crippen LogP contribution in [0.1, 0.15) is 18.7 Å². The fourth-order valence-electron chi connectivity index (χ4n) is 2.41. The number of aromatic nitrogens is 2. The van der Waals surface area contributed by atoms with Gasteiger partial charge in [-0.05, 0) is 31.0 Å². The van der Waals surface area contributed by atoms with Gasteiger partial charge in [0.25, 0.3) is 0 Å². The summed E-state index contributed by atoms with van der Waals surface area (Å²) in [4.78, 5) is 19.2. The predicted octanol–water partition coefficient (Wildman–Crippen LogP) is 2.03. The van der Waals surface area contributed by atoms with Crippen molar-refractivity contribution in [3.8, 4) is 0 Å². The largest absolute Gasteiger partial charge is 0.376 e. The standard InChI is InChI=1S/C15H18ClN3O3/c16-10-3-4-12-13(6-10)19-14(18-12)7-17-15(20)9-21-8-11-2-1-5-22-11/h3-4,6,11H,1-2,5,7-9H2,(H,17,20)(H,18,19). The van der Waals surface area contributed by atoms with E-state index in [1.165, 1.54) is 0 Å². The van der Waals surface area contributed by atoms with E-state index >= 15 is 0 Å². The van der Waals surface area contributed by atoms with E-state index < -0.39 is 0 Å². The van der Waals surface area contributed by atoms with Crippen molar-refractivity contribution < 1.29 is 14.3 Å². The fraction of sp³-hybridized carbons (Fsp3) is 0.467. The zero-order valence-electron chi connectivity index (χ0n) is 12.1. The fourth-order valence-corrected chi connectivity index (χ4v) is 2.58. The number of halogens is 1. The molecule has 0 bridgehead atoms. The molecule has 7 heteroatoms.